The first kappa shape index (κ1) is 15.2. The first-order valence-corrected chi connectivity index (χ1v) is 6.63. The molecule has 0 unspecified atom stereocenters. The number of rotatable bonds is 4. The number of nitro benzene ring substituents is 1. The van der Waals surface area contributed by atoms with Crippen molar-refractivity contribution in [2.24, 2.45) is 0 Å². The number of hydrogen-bond acceptors (Lipinski definition) is 5. The van der Waals surface area contributed by atoms with E-state index in [0.29, 0.717) is 21.9 Å². The normalized spacial score (nSPS) is 10.0. The number of nitrogens with zero attached hydrogens (tertiary/aromatic N) is 1. The maximum absolute atomic E-state index is 11.2. The number of nitro groups is 1. The summed E-state index contributed by atoms with van der Waals surface area (Å²) >= 11 is 8.99. The van der Waals surface area contributed by atoms with E-state index in [4.69, 9.17) is 22.4 Å². The van der Waals surface area contributed by atoms with Crippen LogP contribution in [-0.2, 0) is 0 Å². The van der Waals surface area contributed by atoms with Crippen molar-refractivity contribution in [2.75, 3.05) is 7.11 Å². The molecule has 0 atom stereocenters. The number of thiol groups is 1. The molecular formula is C14H10N2O3S2. The highest BCUT2D eigenvalue weighted by Crippen LogP contribution is 2.36. The van der Waals surface area contributed by atoms with Gasteiger partial charge in [-0.2, -0.15) is 0 Å². The lowest BCUT2D eigenvalue weighted by Gasteiger charge is -2.07. The summed E-state index contributed by atoms with van der Waals surface area (Å²) in [6.07, 6.45) is 0. The van der Waals surface area contributed by atoms with Gasteiger partial charge in [-0.1, -0.05) is 24.4 Å². The van der Waals surface area contributed by atoms with Gasteiger partial charge in [-0.3, -0.25) is 15.5 Å². The third kappa shape index (κ3) is 2.80. The fraction of sp³-hybridized carbons (Fsp3) is 0.0714. The lowest BCUT2D eigenvalue weighted by molar-refractivity contribution is -0.383. The Kier molecular flexibility index (Phi) is 4.37. The van der Waals surface area contributed by atoms with Crippen molar-refractivity contribution < 1.29 is 9.66 Å². The highest BCUT2D eigenvalue weighted by Gasteiger charge is 2.19. The Labute approximate surface area is 131 Å². The van der Waals surface area contributed by atoms with Gasteiger partial charge < -0.3 is 4.74 Å². The zero-order valence-electron chi connectivity index (χ0n) is 10.9. The van der Waals surface area contributed by atoms with Crippen LogP contribution in [0.2, 0.25) is 0 Å². The van der Waals surface area contributed by atoms with Crippen molar-refractivity contribution >= 4 is 56.9 Å². The summed E-state index contributed by atoms with van der Waals surface area (Å²) < 4.78 is 5.27. The second-order valence-electron chi connectivity index (χ2n) is 4.11. The van der Waals surface area contributed by atoms with Crippen LogP contribution >= 0.6 is 24.8 Å². The van der Waals surface area contributed by atoms with Crippen molar-refractivity contribution in [3.8, 4) is 5.75 Å². The molecule has 0 radical (unpaired) electrons. The molecule has 0 saturated heterocycles. The Morgan fingerprint density at radius 1 is 1.43 bits per heavy atom. The van der Waals surface area contributed by atoms with Crippen molar-refractivity contribution in [3.05, 3.63) is 46.0 Å². The molecular weight excluding hydrogens is 308 g/mol. The van der Waals surface area contributed by atoms with Crippen LogP contribution < -0.4 is 4.74 Å². The van der Waals surface area contributed by atoms with Gasteiger partial charge in [0, 0.05) is 0 Å². The summed E-state index contributed by atoms with van der Waals surface area (Å²) in [5, 5.41) is 19.6. The van der Waals surface area contributed by atoms with Gasteiger partial charge in [0.1, 0.15) is 0 Å². The fourth-order valence-electron chi connectivity index (χ4n) is 2.05. The first-order chi connectivity index (χ1) is 9.99. The van der Waals surface area contributed by atoms with Crippen LogP contribution in [0.25, 0.3) is 16.3 Å². The molecule has 0 heterocycles. The minimum Gasteiger partial charge on any atom is -0.490 e. The van der Waals surface area contributed by atoms with Crippen molar-refractivity contribution in [2.45, 2.75) is 0 Å². The lowest BCUT2D eigenvalue weighted by atomic mass is 10.0. The molecule has 0 spiro atoms. The number of hydrogen-bond donors (Lipinski definition) is 2. The predicted molar refractivity (Wildman–Crippen MR) is 89.9 cm³/mol. The van der Waals surface area contributed by atoms with E-state index in [1.54, 1.807) is 24.3 Å². The van der Waals surface area contributed by atoms with Crippen LogP contribution in [0.3, 0.4) is 0 Å². The number of thiocarbonyl (C=S) groups is 1. The van der Waals surface area contributed by atoms with Gasteiger partial charge in [-0.05, 0) is 35.0 Å². The minimum atomic E-state index is -0.475. The lowest BCUT2D eigenvalue weighted by Crippen LogP contribution is -1.96. The van der Waals surface area contributed by atoms with Crippen LogP contribution in [0.4, 0.5) is 5.69 Å². The molecule has 7 heteroatoms. The molecule has 0 fully saturated rings. The summed E-state index contributed by atoms with van der Waals surface area (Å²) in [4.78, 5) is 10.7. The monoisotopic (exact) mass is 318 g/mol. The molecule has 5 nitrogen and oxygen atoms in total. The van der Waals surface area contributed by atoms with Crippen molar-refractivity contribution in [3.63, 3.8) is 0 Å². The van der Waals surface area contributed by atoms with Gasteiger partial charge in [0.05, 0.1) is 27.2 Å². The molecule has 0 amide bonds. The molecule has 2 aromatic rings. The largest absolute Gasteiger partial charge is 0.490 e. The SMILES string of the molecule is COc1ccc2cc(C(=C=N)C(=S)S)ccc2c1[N+](=O)[O-]. The van der Waals surface area contributed by atoms with Gasteiger partial charge >= 0.3 is 5.69 Å². The highest BCUT2D eigenvalue weighted by molar-refractivity contribution is 8.12. The number of ether oxygens (including phenoxy) is 1. The van der Waals surface area contributed by atoms with E-state index in [9.17, 15) is 10.1 Å². The molecule has 2 rings (SSSR count). The number of methoxy groups -OCH3 is 1. The molecule has 0 aliphatic rings. The number of benzene rings is 2. The van der Waals surface area contributed by atoms with E-state index in [-0.39, 0.29) is 15.6 Å². The number of nitrogens with one attached hydrogen (secondary N) is 1. The first-order valence-electron chi connectivity index (χ1n) is 5.78. The van der Waals surface area contributed by atoms with E-state index in [2.05, 4.69) is 18.5 Å². The third-order valence-electron chi connectivity index (χ3n) is 2.98. The Morgan fingerprint density at radius 3 is 2.67 bits per heavy atom. The average molecular weight is 318 g/mol. The third-order valence-corrected chi connectivity index (χ3v) is 3.41. The minimum absolute atomic E-state index is 0.0876. The fourth-order valence-corrected chi connectivity index (χ4v) is 2.40. The van der Waals surface area contributed by atoms with Crippen molar-refractivity contribution in [1.82, 2.24) is 0 Å². The van der Waals surface area contributed by atoms with E-state index < -0.39 is 4.92 Å². The van der Waals surface area contributed by atoms with Crippen LogP contribution in [0, 0.1) is 15.5 Å². The molecule has 0 bridgehead atoms. The summed E-state index contributed by atoms with van der Waals surface area (Å²) in [6.45, 7) is 0. The smallest absolute Gasteiger partial charge is 0.318 e. The number of fused-ring (bicyclic) bond motifs is 1. The van der Waals surface area contributed by atoms with E-state index in [0.717, 1.165) is 0 Å². The zero-order valence-corrected chi connectivity index (χ0v) is 12.6. The molecule has 21 heavy (non-hydrogen) atoms. The summed E-state index contributed by atoms with van der Waals surface area (Å²) in [5.74, 6) is 2.43. The quantitative estimate of drug-likeness (QED) is 0.225. The second kappa shape index (κ2) is 6.05. The zero-order chi connectivity index (χ0) is 15.6. The van der Waals surface area contributed by atoms with Gasteiger partial charge in [0.25, 0.3) is 0 Å². The maximum Gasteiger partial charge on any atom is 0.318 e. The second-order valence-corrected chi connectivity index (χ2v) is 5.27. The summed E-state index contributed by atoms with van der Waals surface area (Å²) in [6, 6.07) is 8.22. The Hall–Kier alpha value is -2.21. The summed E-state index contributed by atoms with van der Waals surface area (Å²) in [7, 11) is 1.39. The van der Waals surface area contributed by atoms with Crippen LogP contribution in [0.1, 0.15) is 5.56 Å². The van der Waals surface area contributed by atoms with Gasteiger partial charge in [0.15, 0.2) is 5.75 Å². The van der Waals surface area contributed by atoms with Crippen molar-refractivity contribution in [1.29, 1.82) is 5.41 Å². The standard InChI is InChI=1S/C14H10N2O3S2/c1-19-12-5-3-8-6-9(11(7-15)14(20)21)2-4-10(8)13(12)16(17)18/h2-6,15H,1H3,(H,20,21). The van der Waals surface area contributed by atoms with Crippen LogP contribution in [-0.4, -0.2) is 22.1 Å². The molecule has 0 saturated carbocycles. The van der Waals surface area contributed by atoms with Gasteiger partial charge in [0.2, 0.25) is 0 Å². The predicted octanol–water partition coefficient (Wildman–Crippen LogP) is 3.65. The molecule has 0 aliphatic heterocycles. The van der Waals surface area contributed by atoms with Gasteiger partial charge in [-0.25, -0.2) is 0 Å². The molecule has 1 N–H and O–H groups in total. The van der Waals surface area contributed by atoms with Crippen LogP contribution in [0.15, 0.2) is 30.3 Å². The van der Waals surface area contributed by atoms with E-state index in [1.807, 2.05) is 0 Å². The Morgan fingerprint density at radius 2 is 2.14 bits per heavy atom. The Bertz CT molecular complexity index is 811. The van der Waals surface area contributed by atoms with E-state index in [1.165, 1.54) is 13.2 Å². The van der Waals surface area contributed by atoms with E-state index >= 15 is 0 Å². The van der Waals surface area contributed by atoms with Crippen LogP contribution in [0.5, 0.6) is 5.75 Å². The molecule has 106 valence electrons. The maximum atomic E-state index is 11.2. The summed E-state index contributed by atoms with van der Waals surface area (Å²) in [5.41, 5.74) is 0.918. The topological polar surface area (TPSA) is 76.2 Å². The molecule has 0 aromatic heterocycles. The Balaban J connectivity index is 2.75. The molecule has 2 aromatic carbocycles. The average Bonchev–Trinajstić information content (AvgIpc) is 2.45. The van der Waals surface area contributed by atoms with Gasteiger partial charge in [-0.15, -0.1) is 12.6 Å². The molecule has 0 aliphatic carbocycles. The highest BCUT2D eigenvalue weighted by atomic mass is 32.1.